The number of hydrogen-bond donors (Lipinski definition) is 2. The Labute approximate surface area is 124 Å². The van der Waals surface area contributed by atoms with Gasteiger partial charge in [0.2, 0.25) is 0 Å². The number of ether oxygens (including phenoxy) is 1. The number of amides is 1. The maximum Gasteiger partial charge on any atom is 0.420 e. The fourth-order valence-corrected chi connectivity index (χ4v) is 1.49. The number of aromatic nitrogens is 1. The quantitative estimate of drug-likeness (QED) is 0.813. The average molecular weight is 327 g/mol. The molecule has 1 rings (SSSR count). The van der Waals surface area contributed by atoms with E-state index in [9.17, 15) is 23.1 Å². The molecule has 0 aliphatic rings. The lowest BCUT2D eigenvalue weighted by molar-refractivity contribution is -0.207. The van der Waals surface area contributed by atoms with Crippen molar-refractivity contribution in [2.75, 3.05) is 5.32 Å². The molecular formula is C12H14ClF3N2O3. The molecule has 0 aromatic carbocycles. The number of anilines is 1. The second-order valence-corrected chi connectivity index (χ2v) is 5.53. The van der Waals surface area contributed by atoms with Crippen molar-refractivity contribution in [3.63, 3.8) is 0 Å². The highest BCUT2D eigenvalue weighted by molar-refractivity contribution is 6.29. The Bertz CT molecular complexity index is 529. The van der Waals surface area contributed by atoms with E-state index >= 15 is 0 Å². The molecule has 1 aromatic rings. The van der Waals surface area contributed by atoms with Crippen LogP contribution in [0.15, 0.2) is 12.1 Å². The fourth-order valence-electron chi connectivity index (χ4n) is 1.33. The summed E-state index contributed by atoms with van der Waals surface area (Å²) in [6.07, 6.45) is -8.79. The van der Waals surface area contributed by atoms with Gasteiger partial charge in [-0.25, -0.2) is 9.78 Å². The lowest BCUT2D eigenvalue weighted by Crippen LogP contribution is -2.29. The van der Waals surface area contributed by atoms with Crippen LogP contribution in [0.2, 0.25) is 5.15 Å². The van der Waals surface area contributed by atoms with Crippen LogP contribution in [0.3, 0.4) is 0 Å². The summed E-state index contributed by atoms with van der Waals surface area (Å²) < 4.78 is 42.7. The molecule has 0 fully saturated rings. The normalized spacial score (nSPS) is 13.7. The SMILES string of the molecule is CC(C)(C)OC(=O)Nc1ccc(Cl)nc1C(O)C(F)(F)F. The summed E-state index contributed by atoms with van der Waals surface area (Å²) in [5, 5.41) is 11.1. The van der Waals surface area contributed by atoms with Crippen LogP contribution in [0.4, 0.5) is 23.7 Å². The van der Waals surface area contributed by atoms with Gasteiger partial charge in [-0.15, -0.1) is 0 Å². The van der Waals surface area contributed by atoms with Gasteiger partial charge in [0.25, 0.3) is 0 Å². The maximum absolute atomic E-state index is 12.6. The van der Waals surface area contributed by atoms with Gasteiger partial charge in [-0.3, -0.25) is 5.32 Å². The first-order valence-corrected chi connectivity index (χ1v) is 6.19. The van der Waals surface area contributed by atoms with Crippen LogP contribution in [0, 0.1) is 0 Å². The molecule has 2 N–H and O–H groups in total. The highest BCUT2D eigenvalue weighted by Gasteiger charge is 2.42. The Morgan fingerprint density at radius 2 is 1.95 bits per heavy atom. The van der Waals surface area contributed by atoms with Gasteiger partial charge in [-0.05, 0) is 32.9 Å². The largest absolute Gasteiger partial charge is 0.444 e. The lowest BCUT2D eigenvalue weighted by Gasteiger charge is -2.21. The predicted molar refractivity (Wildman–Crippen MR) is 70.1 cm³/mol. The van der Waals surface area contributed by atoms with E-state index in [1.54, 1.807) is 20.8 Å². The average Bonchev–Trinajstić information content (AvgIpc) is 2.26. The number of nitrogens with one attached hydrogen (secondary N) is 1. The number of carbonyl (C=O) groups excluding carboxylic acids is 1. The molecule has 0 saturated carbocycles. The Balaban J connectivity index is 3.05. The molecule has 1 aromatic heterocycles. The molecule has 0 spiro atoms. The molecule has 1 unspecified atom stereocenters. The molecule has 1 amide bonds. The van der Waals surface area contributed by atoms with Crippen LogP contribution in [0.25, 0.3) is 0 Å². The molecule has 5 nitrogen and oxygen atoms in total. The molecule has 1 atom stereocenters. The van der Waals surface area contributed by atoms with Crippen LogP contribution < -0.4 is 5.32 Å². The van der Waals surface area contributed by atoms with Crippen molar-refractivity contribution >= 4 is 23.4 Å². The maximum atomic E-state index is 12.6. The number of alkyl halides is 3. The summed E-state index contributed by atoms with van der Waals surface area (Å²) in [5.74, 6) is 0. The van der Waals surface area contributed by atoms with Gasteiger partial charge < -0.3 is 9.84 Å². The van der Waals surface area contributed by atoms with Crippen LogP contribution >= 0.6 is 11.6 Å². The standard InChI is InChI=1S/C12H14ClF3N2O3/c1-11(2,3)21-10(20)17-6-4-5-7(13)18-8(6)9(19)12(14,15)16/h4-5,9,19H,1-3H3,(H,17,20). The zero-order valence-electron chi connectivity index (χ0n) is 11.5. The third-order valence-corrected chi connectivity index (χ3v) is 2.31. The second-order valence-electron chi connectivity index (χ2n) is 5.14. The van der Waals surface area contributed by atoms with E-state index in [1.165, 1.54) is 6.07 Å². The van der Waals surface area contributed by atoms with Gasteiger partial charge in [-0.2, -0.15) is 13.2 Å². The minimum absolute atomic E-state index is 0.247. The summed E-state index contributed by atoms with van der Waals surface area (Å²) in [5.41, 5.74) is -1.97. The molecule has 0 aliphatic heterocycles. The van der Waals surface area contributed by atoms with Gasteiger partial charge >= 0.3 is 12.3 Å². The molecule has 0 aliphatic carbocycles. The van der Waals surface area contributed by atoms with E-state index in [0.717, 1.165) is 6.07 Å². The molecule has 0 bridgehead atoms. The first-order valence-electron chi connectivity index (χ1n) is 5.81. The third kappa shape index (κ3) is 5.39. The summed E-state index contributed by atoms with van der Waals surface area (Å²) in [6, 6.07) is 2.28. The van der Waals surface area contributed by atoms with E-state index in [1.807, 2.05) is 0 Å². The van der Waals surface area contributed by atoms with Crippen molar-refractivity contribution in [1.29, 1.82) is 0 Å². The smallest absolute Gasteiger partial charge is 0.420 e. The van der Waals surface area contributed by atoms with E-state index in [4.69, 9.17) is 16.3 Å². The number of halogens is 4. The van der Waals surface area contributed by atoms with Crippen LogP contribution in [-0.4, -0.2) is 28.0 Å². The van der Waals surface area contributed by atoms with Crippen molar-refractivity contribution < 1.29 is 27.8 Å². The Morgan fingerprint density at radius 3 is 2.43 bits per heavy atom. The lowest BCUT2D eigenvalue weighted by atomic mass is 10.2. The van der Waals surface area contributed by atoms with Gasteiger partial charge in [0, 0.05) is 0 Å². The zero-order chi connectivity index (χ0) is 16.4. The van der Waals surface area contributed by atoms with Crippen LogP contribution in [0.1, 0.15) is 32.6 Å². The van der Waals surface area contributed by atoms with E-state index < -0.39 is 29.7 Å². The van der Waals surface area contributed by atoms with Gasteiger partial charge in [-0.1, -0.05) is 11.6 Å². The van der Waals surface area contributed by atoms with E-state index in [0.29, 0.717) is 0 Å². The van der Waals surface area contributed by atoms with Crippen molar-refractivity contribution in [3.05, 3.63) is 23.0 Å². The van der Waals surface area contributed by atoms with Crippen molar-refractivity contribution in [1.82, 2.24) is 4.98 Å². The number of pyridine rings is 1. The number of carbonyl (C=O) groups is 1. The number of aliphatic hydroxyl groups excluding tert-OH is 1. The van der Waals surface area contributed by atoms with Gasteiger partial charge in [0.15, 0.2) is 6.10 Å². The van der Waals surface area contributed by atoms with Crippen LogP contribution in [-0.2, 0) is 4.74 Å². The topological polar surface area (TPSA) is 71.5 Å². The minimum atomic E-state index is -4.94. The molecule has 0 radical (unpaired) electrons. The van der Waals surface area contributed by atoms with Gasteiger partial charge in [0.1, 0.15) is 16.4 Å². The first-order chi connectivity index (χ1) is 9.40. The highest BCUT2D eigenvalue weighted by atomic mass is 35.5. The van der Waals surface area contributed by atoms with Crippen molar-refractivity contribution in [2.45, 2.75) is 38.7 Å². The highest BCUT2D eigenvalue weighted by Crippen LogP contribution is 2.35. The fraction of sp³-hybridized carbons (Fsp3) is 0.500. The Hall–Kier alpha value is -1.54. The zero-order valence-corrected chi connectivity index (χ0v) is 12.2. The molecule has 118 valence electrons. The molecule has 9 heteroatoms. The summed E-state index contributed by atoms with van der Waals surface area (Å²) in [7, 11) is 0. The van der Waals surface area contributed by atoms with Crippen molar-refractivity contribution in [3.8, 4) is 0 Å². The predicted octanol–water partition coefficient (Wildman–Crippen LogP) is 3.68. The number of aliphatic hydroxyl groups is 1. The molecule has 1 heterocycles. The minimum Gasteiger partial charge on any atom is -0.444 e. The molecule has 0 saturated heterocycles. The molecular weight excluding hydrogens is 313 g/mol. The monoisotopic (exact) mass is 326 g/mol. The van der Waals surface area contributed by atoms with Crippen molar-refractivity contribution in [2.24, 2.45) is 0 Å². The molecule has 21 heavy (non-hydrogen) atoms. The first kappa shape index (κ1) is 17.5. The summed E-state index contributed by atoms with van der Waals surface area (Å²) in [6.45, 7) is 4.79. The van der Waals surface area contributed by atoms with E-state index in [2.05, 4.69) is 10.3 Å². The van der Waals surface area contributed by atoms with Gasteiger partial charge in [0.05, 0.1) is 5.69 Å². The number of nitrogens with zero attached hydrogens (tertiary/aromatic N) is 1. The second kappa shape index (κ2) is 6.07. The van der Waals surface area contributed by atoms with E-state index in [-0.39, 0.29) is 10.8 Å². The van der Waals surface area contributed by atoms with Crippen LogP contribution in [0.5, 0.6) is 0 Å². The number of rotatable bonds is 2. The Kier molecular flexibility index (Phi) is 5.06. The summed E-state index contributed by atoms with van der Waals surface area (Å²) in [4.78, 5) is 15.0. The Morgan fingerprint density at radius 1 is 1.38 bits per heavy atom. The third-order valence-electron chi connectivity index (χ3n) is 2.10. The summed E-state index contributed by atoms with van der Waals surface area (Å²) >= 11 is 5.52. The number of hydrogen-bond acceptors (Lipinski definition) is 4.